The molecular weight excluding hydrogens is 282 g/mol. The van der Waals surface area contributed by atoms with Crippen LogP contribution in [0.3, 0.4) is 0 Å². The van der Waals surface area contributed by atoms with Gasteiger partial charge in [-0.05, 0) is 30.9 Å². The highest BCUT2D eigenvalue weighted by Crippen LogP contribution is 2.28. The Bertz CT molecular complexity index is 535. The van der Waals surface area contributed by atoms with E-state index >= 15 is 0 Å². The number of hydrogen-bond donors (Lipinski definition) is 2. The highest BCUT2D eigenvalue weighted by atomic mass is 16.5. The van der Waals surface area contributed by atoms with Crippen LogP contribution < -0.4 is 10.1 Å². The first-order valence-corrected chi connectivity index (χ1v) is 7.74. The fourth-order valence-electron chi connectivity index (χ4n) is 3.03. The van der Waals surface area contributed by atoms with Crippen molar-refractivity contribution in [3.63, 3.8) is 0 Å². The van der Waals surface area contributed by atoms with Crippen molar-refractivity contribution < 1.29 is 19.4 Å². The van der Waals surface area contributed by atoms with Crippen LogP contribution in [0, 0.1) is 0 Å². The highest BCUT2D eigenvalue weighted by molar-refractivity contribution is 5.87. The van der Waals surface area contributed by atoms with E-state index in [9.17, 15) is 14.7 Å². The molecule has 120 valence electrons. The van der Waals surface area contributed by atoms with Gasteiger partial charge in [-0.15, -0.1) is 0 Å². The fraction of sp³-hybridized carbons (Fsp3) is 0.529. The predicted molar refractivity (Wildman–Crippen MR) is 82.9 cm³/mol. The Labute approximate surface area is 130 Å². The number of carbonyl (C=O) groups excluding carboxylic acids is 1. The lowest BCUT2D eigenvalue weighted by Gasteiger charge is -2.34. The van der Waals surface area contributed by atoms with Crippen LogP contribution >= 0.6 is 0 Å². The Morgan fingerprint density at radius 1 is 1.23 bits per heavy atom. The third kappa shape index (κ3) is 3.78. The summed E-state index contributed by atoms with van der Waals surface area (Å²) in [5, 5.41) is 12.2. The first-order valence-electron chi connectivity index (χ1n) is 7.74. The number of amides is 1. The van der Waals surface area contributed by atoms with Crippen molar-refractivity contribution in [1.82, 2.24) is 5.32 Å². The second-order valence-electron chi connectivity index (χ2n) is 5.81. The third-order valence-electron chi connectivity index (χ3n) is 4.31. The van der Waals surface area contributed by atoms with E-state index in [4.69, 9.17) is 4.74 Å². The largest absolute Gasteiger partial charge is 0.496 e. The number of aryl methyl sites for hydroxylation is 1. The van der Waals surface area contributed by atoms with Gasteiger partial charge in [-0.1, -0.05) is 37.5 Å². The number of hydrogen-bond acceptors (Lipinski definition) is 3. The Morgan fingerprint density at radius 2 is 1.91 bits per heavy atom. The Kier molecular flexibility index (Phi) is 5.41. The molecule has 0 saturated heterocycles. The van der Waals surface area contributed by atoms with Crippen molar-refractivity contribution in [2.75, 3.05) is 7.11 Å². The number of aliphatic carboxylic acids is 1. The van der Waals surface area contributed by atoms with E-state index in [-0.39, 0.29) is 12.3 Å². The molecule has 5 nitrogen and oxygen atoms in total. The molecule has 1 fully saturated rings. The molecule has 1 aliphatic carbocycles. The molecule has 0 aliphatic heterocycles. The second-order valence-corrected chi connectivity index (χ2v) is 5.81. The number of nitrogens with one attached hydrogen (secondary N) is 1. The van der Waals surface area contributed by atoms with Gasteiger partial charge >= 0.3 is 5.97 Å². The molecule has 0 spiro atoms. The van der Waals surface area contributed by atoms with Gasteiger partial charge in [0.25, 0.3) is 0 Å². The number of rotatable bonds is 6. The summed E-state index contributed by atoms with van der Waals surface area (Å²) in [6.07, 6.45) is 4.55. The second kappa shape index (κ2) is 7.29. The summed E-state index contributed by atoms with van der Waals surface area (Å²) in [5.41, 5.74) is -0.121. The van der Waals surface area contributed by atoms with Gasteiger partial charge < -0.3 is 15.2 Å². The topological polar surface area (TPSA) is 75.6 Å². The minimum absolute atomic E-state index is 0.213. The summed E-state index contributed by atoms with van der Waals surface area (Å²) in [5.74, 6) is -0.381. The number of carboxylic acid groups (broad SMARTS) is 1. The average Bonchev–Trinajstić information content (AvgIpc) is 2.54. The van der Waals surface area contributed by atoms with Gasteiger partial charge in [-0.25, -0.2) is 4.79 Å². The Morgan fingerprint density at radius 3 is 2.55 bits per heavy atom. The molecule has 2 N–H and O–H groups in total. The highest BCUT2D eigenvalue weighted by Gasteiger charge is 2.40. The maximum atomic E-state index is 12.2. The van der Waals surface area contributed by atoms with E-state index in [0.29, 0.717) is 19.3 Å². The van der Waals surface area contributed by atoms with Crippen LogP contribution in [-0.2, 0) is 16.0 Å². The molecule has 0 bridgehead atoms. The minimum atomic E-state index is -1.07. The maximum Gasteiger partial charge on any atom is 0.329 e. The number of benzene rings is 1. The third-order valence-corrected chi connectivity index (χ3v) is 4.31. The quantitative estimate of drug-likeness (QED) is 0.847. The lowest BCUT2D eigenvalue weighted by Crippen LogP contribution is -2.55. The van der Waals surface area contributed by atoms with Crippen LogP contribution in [0.1, 0.15) is 44.1 Å². The van der Waals surface area contributed by atoms with Gasteiger partial charge in [-0.2, -0.15) is 0 Å². The zero-order valence-electron chi connectivity index (χ0n) is 12.9. The standard InChI is InChI=1S/C17H23NO4/c1-22-14-8-4-3-7-13(14)9-10-15(19)18-17(16(20)21)11-5-2-6-12-17/h3-4,7-8H,2,5-6,9-12H2,1H3,(H,18,19)(H,20,21). The van der Waals surface area contributed by atoms with Gasteiger partial charge in [0.15, 0.2) is 0 Å². The van der Waals surface area contributed by atoms with E-state index in [1.54, 1.807) is 7.11 Å². The SMILES string of the molecule is COc1ccccc1CCC(=O)NC1(C(=O)O)CCCCC1. The molecule has 5 heteroatoms. The molecule has 2 rings (SSSR count). The molecule has 22 heavy (non-hydrogen) atoms. The number of methoxy groups -OCH3 is 1. The molecule has 1 aromatic rings. The molecule has 1 aromatic carbocycles. The van der Waals surface area contributed by atoms with E-state index in [0.717, 1.165) is 30.6 Å². The van der Waals surface area contributed by atoms with Crippen molar-refractivity contribution in [3.05, 3.63) is 29.8 Å². The summed E-state index contributed by atoms with van der Waals surface area (Å²) in [6, 6.07) is 7.55. The zero-order valence-corrected chi connectivity index (χ0v) is 12.9. The van der Waals surface area contributed by atoms with Gasteiger partial charge in [-0.3, -0.25) is 4.79 Å². The molecule has 1 saturated carbocycles. The van der Waals surface area contributed by atoms with Crippen LogP contribution in [0.4, 0.5) is 0 Å². The lowest BCUT2D eigenvalue weighted by molar-refractivity contribution is -0.149. The summed E-state index contributed by atoms with van der Waals surface area (Å²) in [6.45, 7) is 0. The summed E-state index contributed by atoms with van der Waals surface area (Å²) in [4.78, 5) is 23.7. The van der Waals surface area contributed by atoms with Gasteiger partial charge in [0.2, 0.25) is 5.91 Å². The number of ether oxygens (including phenoxy) is 1. The van der Waals surface area contributed by atoms with E-state index in [1.807, 2.05) is 24.3 Å². The van der Waals surface area contributed by atoms with Crippen molar-refractivity contribution in [3.8, 4) is 5.75 Å². The normalized spacial score (nSPS) is 16.8. The number of carbonyl (C=O) groups is 2. The van der Waals surface area contributed by atoms with Crippen molar-refractivity contribution in [2.45, 2.75) is 50.5 Å². The molecule has 0 radical (unpaired) electrons. The molecule has 0 heterocycles. The monoisotopic (exact) mass is 305 g/mol. The van der Waals surface area contributed by atoms with Crippen LogP contribution in [0.15, 0.2) is 24.3 Å². The summed E-state index contributed by atoms with van der Waals surface area (Å²) in [7, 11) is 1.60. The lowest BCUT2D eigenvalue weighted by atomic mass is 9.81. The van der Waals surface area contributed by atoms with Crippen molar-refractivity contribution >= 4 is 11.9 Å². The first kappa shape index (κ1) is 16.3. The van der Waals surface area contributed by atoms with Crippen LogP contribution in [0.25, 0.3) is 0 Å². The molecule has 1 aliphatic rings. The molecule has 0 aromatic heterocycles. The fourth-order valence-corrected chi connectivity index (χ4v) is 3.03. The Hall–Kier alpha value is -2.04. The van der Waals surface area contributed by atoms with Gasteiger partial charge in [0.1, 0.15) is 11.3 Å². The maximum absolute atomic E-state index is 12.2. The van der Waals surface area contributed by atoms with Crippen LogP contribution in [0.2, 0.25) is 0 Å². The van der Waals surface area contributed by atoms with Crippen molar-refractivity contribution in [1.29, 1.82) is 0 Å². The summed E-state index contributed by atoms with van der Waals surface area (Å²) < 4.78 is 5.26. The van der Waals surface area contributed by atoms with Gasteiger partial charge in [0, 0.05) is 6.42 Å². The van der Waals surface area contributed by atoms with E-state index in [1.165, 1.54) is 0 Å². The zero-order chi connectivity index (χ0) is 16.0. The van der Waals surface area contributed by atoms with E-state index < -0.39 is 11.5 Å². The van der Waals surface area contributed by atoms with E-state index in [2.05, 4.69) is 5.32 Å². The molecule has 0 unspecified atom stereocenters. The van der Waals surface area contributed by atoms with Gasteiger partial charge in [0.05, 0.1) is 7.11 Å². The molecule has 1 amide bonds. The number of carboxylic acids is 1. The van der Waals surface area contributed by atoms with Crippen LogP contribution in [-0.4, -0.2) is 29.6 Å². The molecular formula is C17H23NO4. The molecule has 0 atom stereocenters. The Balaban J connectivity index is 1.95. The predicted octanol–water partition coefficient (Wildman–Crippen LogP) is 2.53. The van der Waals surface area contributed by atoms with Crippen molar-refractivity contribution in [2.24, 2.45) is 0 Å². The average molecular weight is 305 g/mol. The van der Waals surface area contributed by atoms with Crippen LogP contribution in [0.5, 0.6) is 5.75 Å². The number of para-hydroxylation sites is 1. The summed E-state index contributed by atoms with van der Waals surface area (Å²) >= 11 is 0. The minimum Gasteiger partial charge on any atom is -0.496 e. The smallest absolute Gasteiger partial charge is 0.329 e. The first-order chi connectivity index (χ1) is 10.6.